The molecule has 0 saturated heterocycles. The Balaban J connectivity index is 2.48. The standard InChI is InChI=1S/C10H15NO/c1-9(4-3-7-12)10-5-2-6-11-8-10/h2,5-6,8-9,12H,3-4,7H2,1H3. The molecule has 1 heterocycles. The van der Waals surface area contributed by atoms with Crippen LogP contribution in [0.3, 0.4) is 0 Å². The van der Waals surface area contributed by atoms with Gasteiger partial charge in [-0.1, -0.05) is 13.0 Å². The van der Waals surface area contributed by atoms with Crippen molar-refractivity contribution < 1.29 is 5.11 Å². The molecule has 2 nitrogen and oxygen atoms in total. The molecule has 0 aliphatic heterocycles. The van der Waals surface area contributed by atoms with Crippen molar-refractivity contribution in [2.45, 2.75) is 25.7 Å². The van der Waals surface area contributed by atoms with Gasteiger partial charge in [-0.2, -0.15) is 0 Å². The van der Waals surface area contributed by atoms with Crippen molar-refractivity contribution >= 4 is 0 Å². The fraction of sp³-hybridized carbons (Fsp3) is 0.500. The van der Waals surface area contributed by atoms with Crippen LogP contribution < -0.4 is 0 Å². The van der Waals surface area contributed by atoms with Crippen LogP contribution in [0.5, 0.6) is 0 Å². The van der Waals surface area contributed by atoms with Crippen LogP contribution in [0.15, 0.2) is 24.5 Å². The Bertz CT molecular complexity index is 210. The third kappa shape index (κ3) is 2.62. The lowest BCUT2D eigenvalue weighted by Crippen LogP contribution is -1.95. The molecule has 12 heavy (non-hydrogen) atoms. The average molecular weight is 165 g/mol. The van der Waals surface area contributed by atoms with E-state index in [4.69, 9.17) is 5.11 Å². The number of rotatable bonds is 4. The Morgan fingerprint density at radius 2 is 2.42 bits per heavy atom. The predicted molar refractivity (Wildman–Crippen MR) is 49.0 cm³/mol. The number of pyridine rings is 1. The molecule has 0 aliphatic rings. The molecule has 1 atom stereocenters. The molecule has 0 aliphatic carbocycles. The minimum atomic E-state index is 0.282. The molecule has 0 spiro atoms. The molecule has 1 aromatic heterocycles. The van der Waals surface area contributed by atoms with Gasteiger partial charge < -0.3 is 5.11 Å². The van der Waals surface area contributed by atoms with E-state index in [0.717, 1.165) is 12.8 Å². The van der Waals surface area contributed by atoms with Crippen LogP contribution in [0.2, 0.25) is 0 Å². The molecule has 0 bridgehead atoms. The Morgan fingerprint density at radius 1 is 1.58 bits per heavy atom. The van der Waals surface area contributed by atoms with Crippen LogP contribution in [-0.2, 0) is 0 Å². The molecule has 0 fully saturated rings. The molecule has 1 N–H and O–H groups in total. The minimum Gasteiger partial charge on any atom is -0.396 e. The van der Waals surface area contributed by atoms with Crippen LogP contribution in [0.25, 0.3) is 0 Å². The average Bonchev–Trinajstić information content (AvgIpc) is 2.15. The highest BCUT2D eigenvalue weighted by Crippen LogP contribution is 2.18. The first kappa shape index (κ1) is 9.20. The summed E-state index contributed by atoms with van der Waals surface area (Å²) in [4.78, 5) is 4.05. The summed E-state index contributed by atoms with van der Waals surface area (Å²) in [5.74, 6) is 0.505. The van der Waals surface area contributed by atoms with Crippen LogP contribution in [0, 0.1) is 0 Å². The highest BCUT2D eigenvalue weighted by Gasteiger charge is 2.03. The minimum absolute atomic E-state index is 0.282. The number of hydrogen-bond donors (Lipinski definition) is 1. The first-order valence-corrected chi connectivity index (χ1v) is 4.35. The first-order chi connectivity index (χ1) is 5.84. The number of aromatic nitrogens is 1. The summed E-state index contributed by atoms with van der Waals surface area (Å²) < 4.78 is 0. The molecule has 0 amide bonds. The van der Waals surface area contributed by atoms with E-state index < -0.39 is 0 Å². The van der Waals surface area contributed by atoms with Gasteiger partial charge in [-0.25, -0.2) is 0 Å². The zero-order chi connectivity index (χ0) is 8.81. The Labute approximate surface area is 73.3 Å². The van der Waals surface area contributed by atoms with Crippen molar-refractivity contribution in [2.24, 2.45) is 0 Å². The van der Waals surface area contributed by atoms with Gasteiger partial charge in [0.1, 0.15) is 0 Å². The fourth-order valence-corrected chi connectivity index (χ4v) is 1.23. The molecule has 2 heteroatoms. The van der Waals surface area contributed by atoms with Gasteiger partial charge in [0.25, 0.3) is 0 Å². The van der Waals surface area contributed by atoms with Crippen molar-refractivity contribution in [3.8, 4) is 0 Å². The number of aliphatic hydroxyl groups is 1. The normalized spacial score (nSPS) is 12.8. The summed E-state index contributed by atoms with van der Waals surface area (Å²) in [6.07, 6.45) is 5.57. The van der Waals surface area contributed by atoms with Crippen LogP contribution in [-0.4, -0.2) is 16.7 Å². The highest BCUT2D eigenvalue weighted by atomic mass is 16.2. The quantitative estimate of drug-likeness (QED) is 0.739. The second kappa shape index (κ2) is 4.88. The van der Waals surface area contributed by atoms with E-state index in [0.29, 0.717) is 5.92 Å². The van der Waals surface area contributed by atoms with Gasteiger partial charge >= 0.3 is 0 Å². The Hall–Kier alpha value is -0.890. The highest BCUT2D eigenvalue weighted by molar-refractivity contribution is 5.13. The summed E-state index contributed by atoms with van der Waals surface area (Å²) in [6, 6.07) is 4.03. The Kier molecular flexibility index (Phi) is 3.74. The molecule has 0 saturated carbocycles. The smallest absolute Gasteiger partial charge is 0.0431 e. The van der Waals surface area contributed by atoms with Gasteiger partial charge in [-0.3, -0.25) is 4.98 Å². The largest absolute Gasteiger partial charge is 0.396 e. The van der Waals surface area contributed by atoms with E-state index in [1.807, 2.05) is 12.3 Å². The van der Waals surface area contributed by atoms with Gasteiger partial charge in [0.05, 0.1) is 0 Å². The molecule has 1 unspecified atom stereocenters. The lowest BCUT2D eigenvalue weighted by Gasteiger charge is -2.09. The van der Waals surface area contributed by atoms with Gasteiger partial charge in [-0.15, -0.1) is 0 Å². The van der Waals surface area contributed by atoms with E-state index in [2.05, 4.69) is 18.0 Å². The van der Waals surface area contributed by atoms with Crippen LogP contribution in [0.1, 0.15) is 31.2 Å². The monoisotopic (exact) mass is 165 g/mol. The summed E-state index contributed by atoms with van der Waals surface area (Å²) in [5.41, 5.74) is 1.26. The fourth-order valence-electron chi connectivity index (χ4n) is 1.23. The van der Waals surface area contributed by atoms with Crippen molar-refractivity contribution in [1.29, 1.82) is 0 Å². The molecular formula is C10H15NO. The zero-order valence-electron chi connectivity index (χ0n) is 7.40. The topological polar surface area (TPSA) is 33.1 Å². The number of aliphatic hydroxyl groups excluding tert-OH is 1. The van der Waals surface area contributed by atoms with Crippen molar-refractivity contribution in [3.05, 3.63) is 30.1 Å². The number of hydrogen-bond acceptors (Lipinski definition) is 2. The SMILES string of the molecule is CC(CCCO)c1cccnc1. The molecule has 0 aromatic carbocycles. The number of nitrogens with zero attached hydrogens (tertiary/aromatic N) is 1. The molecule has 1 aromatic rings. The summed E-state index contributed by atoms with van der Waals surface area (Å²) >= 11 is 0. The van der Waals surface area contributed by atoms with E-state index in [1.54, 1.807) is 6.20 Å². The van der Waals surface area contributed by atoms with E-state index >= 15 is 0 Å². The van der Waals surface area contributed by atoms with Crippen LogP contribution >= 0.6 is 0 Å². The lowest BCUT2D eigenvalue weighted by atomic mass is 9.98. The molecule has 66 valence electrons. The van der Waals surface area contributed by atoms with Gasteiger partial charge in [0, 0.05) is 19.0 Å². The maximum Gasteiger partial charge on any atom is 0.0431 e. The molecule has 0 radical (unpaired) electrons. The molecule has 1 rings (SSSR count). The molecular weight excluding hydrogens is 150 g/mol. The van der Waals surface area contributed by atoms with Crippen molar-refractivity contribution in [2.75, 3.05) is 6.61 Å². The summed E-state index contributed by atoms with van der Waals surface area (Å²) in [6.45, 7) is 2.44. The zero-order valence-corrected chi connectivity index (χ0v) is 7.40. The third-order valence-electron chi connectivity index (χ3n) is 2.05. The van der Waals surface area contributed by atoms with E-state index in [1.165, 1.54) is 5.56 Å². The van der Waals surface area contributed by atoms with Gasteiger partial charge in [0.15, 0.2) is 0 Å². The van der Waals surface area contributed by atoms with Crippen LogP contribution in [0.4, 0.5) is 0 Å². The maximum absolute atomic E-state index is 8.65. The maximum atomic E-state index is 8.65. The Morgan fingerprint density at radius 3 is 3.00 bits per heavy atom. The summed E-state index contributed by atoms with van der Waals surface area (Å²) in [7, 11) is 0. The second-order valence-electron chi connectivity index (χ2n) is 3.05. The first-order valence-electron chi connectivity index (χ1n) is 4.35. The van der Waals surface area contributed by atoms with Gasteiger partial charge in [0.2, 0.25) is 0 Å². The van der Waals surface area contributed by atoms with Crippen molar-refractivity contribution in [3.63, 3.8) is 0 Å². The van der Waals surface area contributed by atoms with E-state index in [9.17, 15) is 0 Å². The lowest BCUT2D eigenvalue weighted by molar-refractivity contribution is 0.280. The third-order valence-corrected chi connectivity index (χ3v) is 2.05. The second-order valence-corrected chi connectivity index (χ2v) is 3.05. The van der Waals surface area contributed by atoms with E-state index in [-0.39, 0.29) is 6.61 Å². The summed E-state index contributed by atoms with van der Waals surface area (Å²) in [5, 5.41) is 8.65. The van der Waals surface area contributed by atoms with Gasteiger partial charge in [-0.05, 0) is 30.4 Å². The predicted octanol–water partition coefficient (Wildman–Crippen LogP) is 1.96. The van der Waals surface area contributed by atoms with Crippen molar-refractivity contribution in [1.82, 2.24) is 4.98 Å².